The molecule has 3 heterocycles. The van der Waals surface area contributed by atoms with E-state index in [9.17, 15) is 14.0 Å². The largest absolute Gasteiger partial charge is 0.342 e. The average molecular weight is 359 g/mol. The highest BCUT2D eigenvalue weighted by Crippen LogP contribution is 2.31. The second-order valence-corrected chi connectivity index (χ2v) is 7.94. The third-order valence-corrected chi connectivity index (χ3v) is 6.20. The monoisotopic (exact) mass is 359 g/mol. The molecule has 3 fully saturated rings. The van der Waals surface area contributed by atoms with Crippen LogP contribution in [0.4, 0.5) is 10.1 Å². The van der Waals surface area contributed by atoms with E-state index >= 15 is 0 Å². The molecule has 1 aromatic carbocycles. The van der Waals surface area contributed by atoms with Crippen LogP contribution in [0.3, 0.4) is 0 Å². The first-order valence-corrected chi connectivity index (χ1v) is 9.59. The van der Waals surface area contributed by atoms with Crippen LogP contribution in [0.25, 0.3) is 0 Å². The molecule has 0 saturated carbocycles. The first-order chi connectivity index (χ1) is 12.5. The van der Waals surface area contributed by atoms with Crippen molar-refractivity contribution in [3.8, 4) is 0 Å². The lowest BCUT2D eigenvalue weighted by Gasteiger charge is -2.24. The molecule has 0 radical (unpaired) electrons. The van der Waals surface area contributed by atoms with E-state index < -0.39 is 5.82 Å². The Hall–Kier alpha value is -1.95. The van der Waals surface area contributed by atoms with E-state index in [1.165, 1.54) is 11.0 Å². The van der Waals surface area contributed by atoms with E-state index in [0.717, 1.165) is 44.6 Å². The fourth-order valence-electron chi connectivity index (χ4n) is 4.63. The first-order valence-electron chi connectivity index (χ1n) is 9.59. The zero-order chi connectivity index (χ0) is 18.3. The Morgan fingerprint density at radius 3 is 2.54 bits per heavy atom. The van der Waals surface area contributed by atoms with Crippen LogP contribution in [0.2, 0.25) is 0 Å². The summed E-state index contributed by atoms with van der Waals surface area (Å²) in [6.07, 6.45) is 2.23. The summed E-state index contributed by atoms with van der Waals surface area (Å²) in [5, 5.41) is 3.44. The average Bonchev–Trinajstić information content (AvgIpc) is 3.16. The molecular weight excluding hydrogens is 333 g/mol. The van der Waals surface area contributed by atoms with Crippen molar-refractivity contribution >= 4 is 17.5 Å². The summed E-state index contributed by atoms with van der Waals surface area (Å²) in [6, 6.07) is 4.86. The Labute approximate surface area is 153 Å². The Morgan fingerprint density at radius 1 is 1.19 bits per heavy atom. The van der Waals surface area contributed by atoms with Crippen LogP contribution in [0.15, 0.2) is 18.2 Å². The van der Waals surface area contributed by atoms with Gasteiger partial charge in [-0.15, -0.1) is 0 Å². The van der Waals surface area contributed by atoms with E-state index in [1.807, 2.05) is 11.8 Å². The molecule has 0 spiro atoms. The molecule has 3 atom stereocenters. The SMILES string of the molecule is Cc1ccc(N2CC(C(=O)N3CC[C@@H]4CNC[C@@H]4CC3)CC2=O)c(F)c1. The highest BCUT2D eigenvalue weighted by molar-refractivity contribution is 6.00. The first kappa shape index (κ1) is 17.5. The van der Waals surface area contributed by atoms with E-state index in [2.05, 4.69) is 5.32 Å². The molecular formula is C20H26FN3O2. The van der Waals surface area contributed by atoms with Crippen molar-refractivity contribution in [2.45, 2.75) is 26.2 Å². The number of benzene rings is 1. The fourth-order valence-corrected chi connectivity index (χ4v) is 4.63. The number of nitrogens with zero attached hydrogens (tertiary/aromatic N) is 2. The highest BCUT2D eigenvalue weighted by atomic mass is 19.1. The Kier molecular flexibility index (Phi) is 4.69. The van der Waals surface area contributed by atoms with Crippen LogP contribution < -0.4 is 10.2 Å². The van der Waals surface area contributed by atoms with Crippen LogP contribution in [0.1, 0.15) is 24.8 Å². The summed E-state index contributed by atoms with van der Waals surface area (Å²) in [7, 11) is 0. The number of anilines is 1. The van der Waals surface area contributed by atoms with Crippen LogP contribution in [0.5, 0.6) is 0 Å². The third kappa shape index (κ3) is 3.22. The van der Waals surface area contributed by atoms with Gasteiger partial charge in [0.15, 0.2) is 0 Å². The van der Waals surface area contributed by atoms with Crippen molar-refractivity contribution in [2.75, 3.05) is 37.6 Å². The number of hydrogen-bond donors (Lipinski definition) is 1. The van der Waals surface area contributed by atoms with Gasteiger partial charge in [-0.2, -0.15) is 0 Å². The minimum Gasteiger partial charge on any atom is -0.342 e. The van der Waals surface area contributed by atoms with Gasteiger partial charge < -0.3 is 15.1 Å². The minimum absolute atomic E-state index is 0.0568. The highest BCUT2D eigenvalue weighted by Gasteiger charge is 2.39. The molecule has 5 nitrogen and oxygen atoms in total. The third-order valence-electron chi connectivity index (χ3n) is 6.20. The molecule has 0 aromatic heterocycles. The summed E-state index contributed by atoms with van der Waals surface area (Å²) in [6.45, 7) is 5.73. The van der Waals surface area contributed by atoms with Crippen molar-refractivity contribution in [1.29, 1.82) is 0 Å². The summed E-state index contributed by atoms with van der Waals surface area (Å²) in [5.41, 5.74) is 1.10. The van der Waals surface area contributed by atoms with E-state index in [1.54, 1.807) is 12.1 Å². The predicted molar refractivity (Wildman–Crippen MR) is 97.3 cm³/mol. The number of amides is 2. The maximum Gasteiger partial charge on any atom is 0.228 e. The lowest BCUT2D eigenvalue weighted by atomic mass is 9.92. The molecule has 3 aliphatic heterocycles. The normalized spacial score (nSPS) is 29.0. The second kappa shape index (κ2) is 6.99. The van der Waals surface area contributed by atoms with Crippen LogP contribution in [-0.2, 0) is 9.59 Å². The number of rotatable bonds is 2. The van der Waals surface area contributed by atoms with Crippen molar-refractivity contribution in [3.63, 3.8) is 0 Å². The molecule has 1 unspecified atom stereocenters. The summed E-state index contributed by atoms with van der Waals surface area (Å²) in [5.74, 6) is 0.455. The Morgan fingerprint density at radius 2 is 1.88 bits per heavy atom. The van der Waals surface area contributed by atoms with Crippen LogP contribution in [-0.4, -0.2) is 49.4 Å². The van der Waals surface area contributed by atoms with E-state index in [0.29, 0.717) is 11.8 Å². The molecule has 0 aliphatic carbocycles. The molecule has 0 bridgehead atoms. The number of likely N-dealkylation sites (tertiary alicyclic amines) is 1. The molecule has 3 aliphatic rings. The van der Waals surface area contributed by atoms with E-state index in [-0.39, 0.29) is 36.4 Å². The number of carbonyl (C=O) groups is 2. The Balaban J connectivity index is 1.44. The van der Waals surface area contributed by atoms with Crippen molar-refractivity contribution in [3.05, 3.63) is 29.6 Å². The number of nitrogens with one attached hydrogen (secondary N) is 1. The molecule has 4 rings (SSSR count). The van der Waals surface area contributed by atoms with Crippen molar-refractivity contribution < 1.29 is 14.0 Å². The number of fused-ring (bicyclic) bond motifs is 1. The number of carbonyl (C=O) groups excluding carboxylic acids is 2. The summed E-state index contributed by atoms with van der Waals surface area (Å²) >= 11 is 0. The van der Waals surface area contributed by atoms with Crippen LogP contribution in [0, 0.1) is 30.5 Å². The summed E-state index contributed by atoms with van der Waals surface area (Å²) in [4.78, 5) is 28.8. The molecule has 3 saturated heterocycles. The zero-order valence-electron chi connectivity index (χ0n) is 15.2. The van der Waals surface area contributed by atoms with Gasteiger partial charge in [0.1, 0.15) is 5.82 Å². The van der Waals surface area contributed by atoms with Gasteiger partial charge in [-0.1, -0.05) is 6.07 Å². The molecule has 1 aromatic rings. The fraction of sp³-hybridized carbons (Fsp3) is 0.600. The van der Waals surface area contributed by atoms with Crippen LogP contribution >= 0.6 is 0 Å². The topological polar surface area (TPSA) is 52.7 Å². The summed E-state index contributed by atoms with van der Waals surface area (Å²) < 4.78 is 14.2. The van der Waals surface area contributed by atoms with Gasteiger partial charge in [0, 0.05) is 26.1 Å². The van der Waals surface area contributed by atoms with Gasteiger partial charge in [-0.05, 0) is 62.4 Å². The predicted octanol–water partition coefficient (Wildman–Crippen LogP) is 1.95. The minimum atomic E-state index is -0.401. The number of halogens is 1. The van der Waals surface area contributed by atoms with E-state index in [4.69, 9.17) is 0 Å². The zero-order valence-corrected chi connectivity index (χ0v) is 15.2. The lowest BCUT2D eigenvalue weighted by molar-refractivity contribution is -0.135. The number of aryl methyl sites for hydroxylation is 1. The van der Waals surface area contributed by atoms with Gasteiger partial charge in [-0.25, -0.2) is 4.39 Å². The van der Waals surface area contributed by atoms with Gasteiger partial charge in [0.25, 0.3) is 0 Å². The Bertz CT molecular complexity index is 709. The lowest BCUT2D eigenvalue weighted by Crippen LogP contribution is -2.38. The number of hydrogen-bond acceptors (Lipinski definition) is 3. The second-order valence-electron chi connectivity index (χ2n) is 7.94. The molecule has 140 valence electrons. The smallest absolute Gasteiger partial charge is 0.228 e. The van der Waals surface area contributed by atoms with Crippen molar-refractivity contribution in [1.82, 2.24) is 10.2 Å². The quantitative estimate of drug-likeness (QED) is 0.878. The molecule has 1 N–H and O–H groups in total. The maximum absolute atomic E-state index is 14.2. The molecule has 2 amide bonds. The van der Waals surface area contributed by atoms with Gasteiger partial charge >= 0.3 is 0 Å². The van der Waals surface area contributed by atoms with Gasteiger partial charge in [0.2, 0.25) is 11.8 Å². The standard InChI is InChI=1S/C20H26FN3O2/c1-13-2-3-18(17(21)8-13)24-12-16(9-19(24)25)20(26)23-6-4-14-10-22-11-15(14)5-7-23/h2-3,8,14-16,22H,4-7,9-12H2,1H3/t14-,15+,16?. The molecule has 26 heavy (non-hydrogen) atoms. The van der Waals surface area contributed by atoms with Gasteiger partial charge in [-0.3, -0.25) is 9.59 Å². The maximum atomic E-state index is 14.2. The molecule has 6 heteroatoms. The van der Waals surface area contributed by atoms with Gasteiger partial charge in [0.05, 0.1) is 11.6 Å². The van der Waals surface area contributed by atoms with Crippen molar-refractivity contribution in [2.24, 2.45) is 17.8 Å².